The van der Waals surface area contributed by atoms with Gasteiger partial charge in [-0.25, -0.2) is 8.78 Å². The number of hydrogen-bond acceptors (Lipinski definition) is 9. The van der Waals surface area contributed by atoms with Crippen LogP contribution in [0.2, 0.25) is 5.02 Å². The first-order valence-corrected chi connectivity index (χ1v) is 18.1. The molecule has 2 unspecified atom stereocenters. The lowest BCUT2D eigenvalue weighted by Crippen LogP contribution is -2.55. The van der Waals surface area contributed by atoms with E-state index in [1.807, 2.05) is 4.90 Å². The van der Waals surface area contributed by atoms with Gasteiger partial charge in [0, 0.05) is 63.4 Å². The van der Waals surface area contributed by atoms with Crippen molar-refractivity contribution in [2.75, 3.05) is 75.8 Å². The van der Waals surface area contributed by atoms with Gasteiger partial charge < -0.3 is 19.4 Å². The quantitative estimate of drug-likeness (QED) is 0.238. The predicted octanol–water partition coefficient (Wildman–Crippen LogP) is 5.65. The second-order valence-corrected chi connectivity index (χ2v) is 14.7. The van der Waals surface area contributed by atoms with E-state index >= 15 is 0 Å². The van der Waals surface area contributed by atoms with E-state index < -0.39 is 23.7 Å². The molecule has 4 aliphatic heterocycles. The summed E-state index contributed by atoms with van der Waals surface area (Å²) >= 11 is 6.08. The second kappa shape index (κ2) is 15.7. The molecule has 10 nitrogen and oxygen atoms in total. The molecule has 0 bridgehead atoms. The predicted molar refractivity (Wildman–Crippen MR) is 187 cm³/mol. The van der Waals surface area contributed by atoms with Gasteiger partial charge in [-0.05, 0) is 50.9 Å². The fourth-order valence-corrected chi connectivity index (χ4v) is 8.14. The Morgan fingerprint density at radius 3 is 2.67 bits per heavy atom. The van der Waals surface area contributed by atoms with Gasteiger partial charge in [-0.3, -0.25) is 14.6 Å². The fourth-order valence-electron chi connectivity index (χ4n) is 7.86. The second-order valence-electron chi connectivity index (χ2n) is 14.3. The summed E-state index contributed by atoms with van der Waals surface area (Å²) < 4.78 is 76.0. The average molecular weight is 751 g/mol. The third kappa shape index (κ3) is 8.55. The van der Waals surface area contributed by atoms with E-state index in [-0.39, 0.29) is 87.3 Å². The van der Waals surface area contributed by atoms with Crippen molar-refractivity contribution in [1.82, 2.24) is 24.7 Å². The molecular formula is C36H44ClF5N8O2. The topological polar surface area (TPSA) is 92.1 Å². The molecule has 3 fully saturated rings. The number of ether oxygens (including phenoxy) is 1. The number of aromatic nitrogens is 2. The van der Waals surface area contributed by atoms with Crippen LogP contribution in [0.4, 0.5) is 33.5 Å². The minimum Gasteiger partial charge on any atom is -0.462 e. The molecule has 282 valence electrons. The van der Waals surface area contributed by atoms with E-state index in [9.17, 15) is 32.0 Å². The lowest BCUT2D eigenvalue weighted by atomic mass is 9.92. The molecule has 0 saturated carbocycles. The summed E-state index contributed by atoms with van der Waals surface area (Å²) in [5.41, 5.74) is 0.390. The van der Waals surface area contributed by atoms with Crippen LogP contribution in [0.1, 0.15) is 49.4 Å². The largest absolute Gasteiger partial charge is 0.462 e. The van der Waals surface area contributed by atoms with Crippen molar-refractivity contribution < 1.29 is 31.5 Å². The molecule has 1 aromatic carbocycles. The van der Waals surface area contributed by atoms with Crippen LogP contribution in [0.25, 0.3) is 0 Å². The minimum atomic E-state index is -4.66. The van der Waals surface area contributed by atoms with E-state index in [0.717, 1.165) is 24.9 Å². The molecule has 6 rings (SSSR count). The highest BCUT2D eigenvalue weighted by Gasteiger charge is 2.40. The van der Waals surface area contributed by atoms with Gasteiger partial charge in [0.1, 0.15) is 12.4 Å². The van der Waals surface area contributed by atoms with E-state index in [4.69, 9.17) is 26.3 Å². The standard InChI is InChI=1S/C36H44ClF5N8O2/c1-24-6-4-14-46(2)30(24)22-52-34-44-28-21-48(29-8-3-7-27(37)32(29)36(40,41)42)16-11-26(28)33(45-34)49-18-19-50(25(20-49)10-13-43)31(51)9-5-15-47-17-12-35(38,39)23-47/h3,5,7-9,24-25,30H,4,6,10-12,14-23H2,1-2H3/b9-5+/t24?,25-,30?/m0/s1. The number of likely N-dealkylation sites (N-methyl/N-ethyl adjacent to an activating group) is 1. The van der Waals surface area contributed by atoms with Gasteiger partial charge in [-0.15, -0.1) is 0 Å². The number of fused-ring (bicyclic) bond motifs is 1. The molecule has 1 aromatic heterocycles. The number of piperidine rings is 1. The number of nitriles is 1. The molecule has 4 aliphatic rings. The smallest absolute Gasteiger partial charge is 0.419 e. The lowest BCUT2D eigenvalue weighted by Gasteiger charge is -2.42. The van der Waals surface area contributed by atoms with Gasteiger partial charge in [0.25, 0.3) is 5.92 Å². The number of alkyl halides is 5. The van der Waals surface area contributed by atoms with Crippen LogP contribution in [0.3, 0.4) is 0 Å². The van der Waals surface area contributed by atoms with Crippen molar-refractivity contribution in [1.29, 1.82) is 5.26 Å². The number of likely N-dealkylation sites (tertiary alicyclic amines) is 2. The molecule has 1 amide bonds. The number of anilines is 2. The van der Waals surface area contributed by atoms with Crippen LogP contribution in [-0.2, 0) is 23.9 Å². The third-order valence-corrected chi connectivity index (χ3v) is 11.0. The summed E-state index contributed by atoms with van der Waals surface area (Å²) in [5, 5.41) is 9.33. The first kappa shape index (κ1) is 38.0. The van der Waals surface area contributed by atoms with Crippen molar-refractivity contribution in [3.8, 4) is 12.1 Å². The van der Waals surface area contributed by atoms with Gasteiger partial charge >= 0.3 is 12.2 Å². The van der Waals surface area contributed by atoms with Crippen LogP contribution in [0, 0.1) is 17.2 Å². The zero-order valence-corrected chi connectivity index (χ0v) is 30.1. The van der Waals surface area contributed by atoms with E-state index in [1.165, 1.54) is 24.3 Å². The number of rotatable bonds is 9. The summed E-state index contributed by atoms with van der Waals surface area (Å²) in [6.45, 7) is 4.87. The Labute approximate surface area is 305 Å². The molecule has 5 heterocycles. The number of carbonyl (C=O) groups is 1. The molecule has 2 aromatic rings. The van der Waals surface area contributed by atoms with Gasteiger partial charge in [-0.1, -0.05) is 30.7 Å². The summed E-state index contributed by atoms with van der Waals surface area (Å²) in [6, 6.07) is 6.10. The Bertz CT molecular complexity index is 1680. The first-order valence-electron chi connectivity index (χ1n) is 17.8. The van der Waals surface area contributed by atoms with Crippen LogP contribution in [0.5, 0.6) is 6.01 Å². The highest BCUT2D eigenvalue weighted by Crippen LogP contribution is 2.43. The Hall–Kier alpha value is -3.74. The maximum atomic E-state index is 14.2. The van der Waals surface area contributed by atoms with Crippen LogP contribution in [-0.4, -0.2) is 115 Å². The first-order chi connectivity index (χ1) is 24.7. The molecule has 16 heteroatoms. The zero-order valence-electron chi connectivity index (χ0n) is 29.4. The van der Waals surface area contributed by atoms with Crippen molar-refractivity contribution in [3.63, 3.8) is 0 Å². The molecular weight excluding hydrogens is 707 g/mol. The number of amides is 1. The molecule has 52 heavy (non-hydrogen) atoms. The van der Waals surface area contributed by atoms with Crippen LogP contribution in [0.15, 0.2) is 30.4 Å². The Morgan fingerprint density at radius 2 is 1.96 bits per heavy atom. The van der Waals surface area contributed by atoms with E-state index in [0.29, 0.717) is 37.0 Å². The lowest BCUT2D eigenvalue weighted by molar-refractivity contribution is -0.137. The van der Waals surface area contributed by atoms with Crippen molar-refractivity contribution in [2.24, 2.45) is 5.92 Å². The SMILES string of the molecule is CC1CCCN(C)C1COc1nc2c(c(N3CCN(C(=O)/C=C/CN4CCC(F)(F)C4)[C@@H](CC#N)C3)n1)CCN(c1cccc(Cl)c1C(F)(F)F)C2. The summed E-state index contributed by atoms with van der Waals surface area (Å²) in [5.74, 6) is -2.06. The normalized spacial score (nSPS) is 24.3. The van der Waals surface area contributed by atoms with Gasteiger partial charge in [0.15, 0.2) is 0 Å². The van der Waals surface area contributed by atoms with Crippen LogP contribution < -0.4 is 14.5 Å². The summed E-state index contributed by atoms with van der Waals surface area (Å²) in [6.07, 6.45) is 0.673. The number of carbonyl (C=O) groups excluding carboxylic acids is 1. The average Bonchev–Trinajstić information content (AvgIpc) is 3.44. The zero-order chi connectivity index (χ0) is 37.2. The number of halogens is 6. The number of hydrogen-bond donors (Lipinski definition) is 0. The number of benzene rings is 1. The van der Waals surface area contributed by atoms with Gasteiger partial charge in [0.2, 0.25) is 5.91 Å². The summed E-state index contributed by atoms with van der Waals surface area (Å²) in [7, 11) is 2.06. The molecule has 3 saturated heterocycles. The maximum Gasteiger partial charge on any atom is 0.419 e. The van der Waals surface area contributed by atoms with Crippen molar-refractivity contribution >= 4 is 29.0 Å². The monoisotopic (exact) mass is 750 g/mol. The van der Waals surface area contributed by atoms with Crippen molar-refractivity contribution in [3.05, 3.63) is 52.2 Å². The molecule has 0 N–H and O–H groups in total. The Morgan fingerprint density at radius 1 is 1.15 bits per heavy atom. The van der Waals surface area contributed by atoms with Crippen LogP contribution >= 0.6 is 11.6 Å². The Balaban J connectivity index is 1.25. The third-order valence-electron chi connectivity index (χ3n) is 10.7. The van der Waals surface area contributed by atoms with Crippen molar-refractivity contribution in [2.45, 2.75) is 69.8 Å². The molecule has 0 spiro atoms. The molecule has 3 atom stereocenters. The Kier molecular flexibility index (Phi) is 11.5. The van der Waals surface area contributed by atoms with Gasteiger partial charge in [-0.2, -0.15) is 28.4 Å². The highest BCUT2D eigenvalue weighted by atomic mass is 35.5. The van der Waals surface area contributed by atoms with Gasteiger partial charge in [0.05, 0.1) is 53.6 Å². The minimum absolute atomic E-state index is 0.0290. The van der Waals surface area contributed by atoms with E-state index in [1.54, 1.807) is 20.8 Å². The number of nitrogens with zero attached hydrogens (tertiary/aromatic N) is 8. The maximum absolute atomic E-state index is 14.2. The summed E-state index contributed by atoms with van der Waals surface area (Å²) in [4.78, 5) is 32.0. The van der Waals surface area contributed by atoms with E-state index in [2.05, 4.69) is 24.9 Å². The highest BCUT2D eigenvalue weighted by molar-refractivity contribution is 6.31. The molecule has 0 aliphatic carbocycles. The molecule has 0 radical (unpaired) electrons. The number of piperazine rings is 1. The fraction of sp³-hybridized carbons (Fsp3) is 0.611.